The van der Waals surface area contributed by atoms with Crippen LogP contribution in [0.3, 0.4) is 0 Å². The molecule has 0 amide bonds. The molecule has 0 aromatic heterocycles. The summed E-state index contributed by atoms with van der Waals surface area (Å²) in [6, 6.07) is 0. The third kappa shape index (κ3) is 5.36. The number of ketones is 1. The van der Waals surface area contributed by atoms with Crippen molar-refractivity contribution >= 4 is 5.78 Å². The third-order valence-electron chi connectivity index (χ3n) is 2.49. The molecule has 15 heavy (non-hydrogen) atoms. The van der Waals surface area contributed by atoms with E-state index >= 15 is 0 Å². The third-order valence-corrected chi connectivity index (χ3v) is 2.49. The molecule has 0 fully saturated rings. The molecule has 0 N–H and O–H groups in total. The first kappa shape index (κ1) is 13.9. The van der Waals surface area contributed by atoms with Crippen LogP contribution >= 0.6 is 0 Å². The number of Topliss-reactive ketones (excluding diaryl/α,β-unsaturated/α-hetero) is 1. The Morgan fingerprint density at radius 3 is 2.53 bits per heavy atom. The zero-order valence-corrected chi connectivity index (χ0v) is 9.96. The van der Waals surface area contributed by atoms with Gasteiger partial charge in [0.15, 0.2) is 5.78 Å². The molecule has 0 saturated heterocycles. The first-order chi connectivity index (χ1) is 7.17. The van der Waals surface area contributed by atoms with Crippen LogP contribution in [0.15, 0.2) is 37.0 Å². The van der Waals surface area contributed by atoms with E-state index < -0.39 is 0 Å². The van der Waals surface area contributed by atoms with Crippen LogP contribution in [0.5, 0.6) is 0 Å². The first-order valence-electron chi connectivity index (χ1n) is 5.64. The van der Waals surface area contributed by atoms with Crippen LogP contribution in [0.1, 0.15) is 39.5 Å². The molecule has 1 atom stereocenters. The highest BCUT2D eigenvalue weighted by atomic mass is 16.1. The topological polar surface area (TPSA) is 17.1 Å². The van der Waals surface area contributed by atoms with Gasteiger partial charge in [0.05, 0.1) is 0 Å². The molecule has 1 heteroatoms. The van der Waals surface area contributed by atoms with Gasteiger partial charge in [-0.05, 0) is 26.2 Å². The quantitative estimate of drug-likeness (QED) is 0.332. The van der Waals surface area contributed by atoms with Gasteiger partial charge in [-0.3, -0.25) is 4.79 Å². The Hall–Kier alpha value is -1.11. The highest BCUT2D eigenvalue weighted by Gasteiger charge is 2.17. The molecular weight excluding hydrogens is 184 g/mol. The maximum Gasteiger partial charge on any atom is 0.165 e. The lowest BCUT2D eigenvalue weighted by atomic mass is 9.90. The Morgan fingerprint density at radius 2 is 2.07 bits per heavy atom. The van der Waals surface area contributed by atoms with E-state index in [0.717, 1.165) is 25.7 Å². The maximum atomic E-state index is 11.9. The van der Waals surface area contributed by atoms with Gasteiger partial charge in [0.25, 0.3) is 0 Å². The summed E-state index contributed by atoms with van der Waals surface area (Å²) in [6.07, 6.45) is 9.56. The van der Waals surface area contributed by atoms with Gasteiger partial charge in [-0.1, -0.05) is 44.7 Å². The molecule has 0 radical (unpaired) electrons. The summed E-state index contributed by atoms with van der Waals surface area (Å²) in [4.78, 5) is 11.9. The molecule has 0 aliphatic carbocycles. The Kier molecular flexibility index (Phi) is 7.61. The van der Waals surface area contributed by atoms with Gasteiger partial charge in [0.1, 0.15) is 0 Å². The zero-order chi connectivity index (χ0) is 11.7. The van der Waals surface area contributed by atoms with Gasteiger partial charge in [0, 0.05) is 11.5 Å². The highest BCUT2D eigenvalue weighted by Crippen LogP contribution is 2.18. The van der Waals surface area contributed by atoms with Gasteiger partial charge in [-0.15, -0.1) is 0 Å². The second kappa shape index (κ2) is 8.22. The normalized spacial score (nSPS) is 12.7. The first-order valence-corrected chi connectivity index (χ1v) is 5.64. The number of carbonyl (C=O) groups excluding carboxylic acids is 1. The molecular formula is C14H22O. The summed E-state index contributed by atoms with van der Waals surface area (Å²) in [5.74, 6) is 0.285. The van der Waals surface area contributed by atoms with Crippen molar-refractivity contribution < 1.29 is 4.79 Å². The van der Waals surface area contributed by atoms with Gasteiger partial charge in [0.2, 0.25) is 0 Å². The Balaban J connectivity index is 4.30. The fourth-order valence-corrected chi connectivity index (χ4v) is 1.58. The minimum absolute atomic E-state index is 0.122. The average molecular weight is 206 g/mol. The van der Waals surface area contributed by atoms with E-state index in [1.165, 1.54) is 0 Å². The van der Waals surface area contributed by atoms with Crippen molar-refractivity contribution in [1.82, 2.24) is 0 Å². The average Bonchev–Trinajstić information content (AvgIpc) is 2.26. The molecule has 1 nitrogen and oxygen atoms in total. The minimum atomic E-state index is 0.122. The van der Waals surface area contributed by atoms with Crippen LogP contribution in [0, 0.1) is 5.92 Å². The Morgan fingerprint density at radius 1 is 1.40 bits per heavy atom. The lowest BCUT2D eigenvalue weighted by molar-refractivity contribution is -0.119. The van der Waals surface area contributed by atoms with Gasteiger partial charge >= 0.3 is 0 Å². The smallest absolute Gasteiger partial charge is 0.165 e. The SMILES string of the molecule is C=CC(=C)C(=O)C(CCC)CCC=CC. The van der Waals surface area contributed by atoms with Crippen molar-refractivity contribution in [1.29, 1.82) is 0 Å². The minimum Gasteiger partial charge on any atom is -0.294 e. The summed E-state index contributed by atoms with van der Waals surface area (Å²) < 4.78 is 0. The van der Waals surface area contributed by atoms with Crippen molar-refractivity contribution in [2.45, 2.75) is 39.5 Å². The largest absolute Gasteiger partial charge is 0.294 e. The predicted octanol–water partition coefficient (Wildman–Crippen LogP) is 4.07. The molecule has 0 aliphatic heterocycles. The summed E-state index contributed by atoms with van der Waals surface area (Å²) in [6.45, 7) is 11.4. The lowest BCUT2D eigenvalue weighted by Gasteiger charge is -2.13. The Bertz CT molecular complexity index is 248. The predicted molar refractivity (Wildman–Crippen MR) is 66.8 cm³/mol. The fourth-order valence-electron chi connectivity index (χ4n) is 1.58. The molecule has 0 aliphatic rings. The molecule has 0 rings (SSSR count). The molecule has 0 saturated carbocycles. The van der Waals surface area contributed by atoms with Gasteiger partial charge in [-0.2, -0.15) is 0 Å². The van der Waals surface area contributed by atoms with Crippen molar-refractivity contribution in [3.8, 4) is 0 Å². The van der Waals surface area contributed by atoms with Crippen LogP contribution in [-0.2, 0) is 4.79 Å². The lowest BCUT2D eigenvalue weighted by Crippen LogP contribution is -2.15. The van der Waals surface area contributed by atoms with E-state index in [-0.39, 0.29) is 11.7 Å². The molecule has 0 aromatic carbocycles. The summed E-state index contributed by atoms with van der Waals surface area (Å²) >= 11 is 0. The Labute approximate surface area is 93.6 Å². The van der Waals surface area contributed by atoms with Crippen LogP contribution < -0.4 is 0 Å². The van der Waals surface area contributed by atoms with Gasteiger partial charge < -0.3 is 0 Å². The second-order valence-electron chi connectivity index (χ2n) is 3.73. The molecule has 0 bridgehead atoms. The van der Waals surface area contributed by atoms with Crippen molar-refractivity contribution in [3.63, 3.8) is 0 Å². The number of hydrogen-bond acceptors (Lipinski definition) is 1. The standard InChI is InChI=1S/C14H22O/c1-5-8-9-11-13(10-6-2)14(15)12(4)7-3/h5,7-8,13H,3-4,6,9-11H2,1-2H3. The van der Waals surface area contributed by atoms with Crippen molar-refractivity contribution in [2.75, 3.05) is 0 Å². The van der Waals surface area contributed by atoms with Crippen LogP contribution in [0.4, 0.5) is 0 Å². The number of rotatable bonds is 8. The molecule has 1 unspecified atom stereocenters. The number of allylic oxidation sites excluding steroid dienone is 4. The number of carbonyl (C=O) groups is 1. The summed E-state index contributed by atoms with van der Waals surface area (Å²) in [7, 11) is 0. The van der Waals surface area contributed by atoms with E-state index in [1.807, 2.05) is 13.0 Å². The highest BCUT2D eigenvalue weighted by molar-refractivity contribution is 5.98. The molecule has 0 aromatic rings. The number of hydrogen-bond donors (Lipinski definition) is 0. The second-order valence-corrected chi connectivity index (χ2v) is 3.73. The van der Waals surface area contributed by atoms with E-state index in [9.17, 15) is 4.79 Å². The molecule has 0 spiro atoms. The molecule has 84 valence electrons. The van der Waals surface area contributed by atoms with E-state index in [2.05, 4.69) is 26.2 Å². The van der Waals surface area contributed by atoms with Crippen LogP contribution in [-0.4, -0.2) is 5.78 Å². The maximum absolute atomic E-state index is 11.9. The monoisotopic (exact) mass is 206 g/mol. The molecule has 0 heterocycles. The van der Waals surface area contributed by atoms with Crippen LogP contribution in [0.25, 0.3) is 0 Å². The zero-order valence-electron chi connectivity index (χ0n) is 9.96. The van der Waals surface area contributed by atoms with Crippen LogP contribution in [0.2, 0.25) is 0 Å². The summed E-state index contributed by atoms with van der Waals surface area (Å²) in [5.41, 5.74) is 0.550. The summed E-state index contributed by atoms with van der Waals surface area (Å²) in [5, 5.41) is 0. The van der Waals surface area contributed by atoms with Crippen molar-refractivity contribution in [3.05, 3.63) is 37.0 Å². The fraction of sp³-hybridized carbons (Fsp3) is 0.500. The van der Waals surface area contributed by atoms with Crippen molar-refractivity contribution in [2.24, 2.45) is 5.92 Å². The van der Waals surface area contributed by atoms with E-state index in [0.29, 0.717) is 5.57 Å². The van der Waals surface area contributed by atoms with E-state index in [4.69, 9.17) is 0 Å². The van der Waals surface area contributed by atoms with E-state index in [1.54, 1.807) is 6.08 Å². The van der Waals surface area contributed by atoms with Gasteiger partial charge in [-0.25, -0.2) is 0 Å².